The Kier molecular flexibility index (Phi) is 1.71. The van der Waals surface area contributed by atoms with Crippen molar-refractivity contribution in [2.24, 2.45) is 0 Å². The van der Waals surface area contributed by atoms with Crippen LogP contribution in [-0.4, -0.2) is 12.4 Å². The highest BCUT2D eigenvalue weighted by atomic mass is 79.9. The van der Waals surface area contributed by atoms with Gasteiger partial charge in [0.1, 0.15) is 5.75 Å². The van der Waals surface area contributed by atoms with Crippen molar-refractivity contribution >= 4 is 21.7 Å². The molecule has 1 aromatic carbocycles. The molecule has 1 aliphatic carbocycles. The Balaban J connectivity index is 2.34. The summed E-state index contributed by atoms with van der Waals surface area (Å²) in [5, 5.41) is 0. The van der Waals surface area contributed by atoms with E-state index in [2.05, 4.69) is 15.9 Å². The van der Waals surface area contributed by atoms with Gasteiger partial charge in [0.2, 0.25) is 0 Å². The molecule has 0 amide bonds. The fraction of sp³-hybridized carbons (Fsp3) is 0.364. The smallest absolute Gasteiger partial charge is 0.163 e. The van der Waals surface area contributed by atoms with Crippen molar-refractivity contribution in [3.05, 3.63) is 27.2 Å². The summed E-state index contributed by atoms with van der Waals surface area (Å²) < 4.78 is 6.50. The van der Waals surface area contributed by atoms with Gasteiger partial charge in [-0.2, -0.15) is 0 Å². The van der Waals surface area contributed by atoms with Crippen LogP contribution >= 0.6 is 15.9 Å². The Morgan fingerprint density at radius 1 is 1.21 bits per heavy atom. The second kappa shape index (κ2) is 2.83. The van der Waals surface area contributed by atoms with E-state index in [1.54, 1.807) is 0 Å². The number of halogens is 1. The Bertz CT molecular complexity index is 437. The van der Waals surface area contributed by atoms with E-state index >= 15 is 0 Å². The van der Waals surface area contributed by atoms with E-state index in [9.17, 15) is 4.79 Å². The van der Waals surface area contributed by atoms with Crippen molar-refractivity contribution in [1.29, 1.82) is 0 Å². The molecule has 0 bridgehead atoms. The fourth-order valence-corrected chi connectivity index (χ4v) is 2.90. The lowest BCUT2D eigenvalue weighted by molar-refractivity contribution is 0.0994. The van der Waals surface area contributed by atoms with Crippen LogP contribution < -0.4 is 4.74 Å². The van der Waals surface area contributed by atoms with Gasteiger partial charge in [-0.05, 0) is 18.1 Å². The van der Waals surface area contributed by atoms with Crippen molar-refractivity contribution in [2.45, 2.75) is 19.3 Å². The minimum Gasteiger partial charge on any atom is -0.493 e. The van der Waals surface area contributed by atoms with Crippen LogP contribution in [0.1, 0.15) is 27.9 Å². The number of benzene rings is 1. The van der Waals surface area contributed by atoms with Gasteiger partial charge >= 0.3 is 0 Å². The van der Waals surface area contributed by atoms with Gasteiger partial charge in [0.15, 0.2) is 5.78 Å². The lowest BCUT2D eigenvalue weighted by atomic mass is 10.0. The summed E-state index contributed by atoms with van der Waals surface area (Å²) in [6, 6.07) is 2.00. The molecule has 0 saturated carbocycles. The van der Waals surface area contributed by atoms with Crippen LogP contribution in [0.3, 0.4) is 0 Å². The van der Waals surface area contributed by atoms with Crippen molar-refractivity contribution in [2.75, 3.05) is 6.61 Å². The molecule has 0 unspecified atom stereocenters. The third-order valence-corrected chi connectivity index (χ3v) is 3.65. The molecule has 1 aromatic rings. The maximum absolute atomic E-state index is 11.7. The summed E-state index contributed by atoms with van der Waals surface area (Å²) in [6.07, 6.45) is 2.42. The predicted molar refractivity (Wildman–Crippen MR) is 56.0 cm³/mol. The molecular formula is C11H9BrO2. The van der Waals surface area contributed by atoms with Gasteiger partial charge in [0.05, 0.1) is 6.61 Å². The molecule has 2 nitrogen and oxygen atoms in total. The number of carbonyl (C=O) groups is 1. The number of Topliss-reactive ketones (excluding diaryl/α,β-unsaturated/α-hetero) is 1. The molecule has 0 N–H and O–H groups in total. The first-order valence-corrected chi connectivity index (χ1v) is 5.57. The highest BCUT2D eigenvalue weighted by Crippen LogP contribution is 2.39. The van der Waals surface area contributed by atoms with Gasteiger partial charge in [-0.1, -0.05) is 15.9 Å². The number of carbonyl (C=O) groups excluding carboxylic acids is 1. The summed E-state index contributed by atoms with van der Waals surface area (Å²) in [4.78, 5) is 11.7. The van der Waals surface area contributed by atoms with Gasteiger partial charge in [0.25, 0.3) is 0 Å². The molecule has 14 heavy (non-hydrogen) atoms. The monoisotopic (exact) mass is 252 g/mol. The molecule has 0 radical (unpaired) electrons. The standard InChI is InChI=1S/C11H9BrO2/c12-8-5-10-7(3-4-14-10)11-6(8)1-2-9(11)13/h5H,1-4H2. The molecule has 3 heteroatoms. The number of fused-ring (bicyclic) bond motifs is 3. The highest BCUT2D eigenvalue weighted by molar-refractivity contribution is 9.10. The number of hydrogen-bond acceptors (Lipinski definition) is 2. The molecule has 2 aliphatic rings. The SMILES string of the molecule is O=C1CCc2c(Br)cc3c(c21)CCO3. The largest absolute Gasteiger partial charge is 0.493 e. The first kappa shape index (κ1) is 8.48. The Hall–Kier alpha value is -0.830. The summed E-state index contributed by atoms with van der Waals surface area (Å²) >= 11 is 3.50. The van der Waals surface area contributed by atoms with Crippen LogP contribution in [0.25, 0.3) is 0 Å². The van der Waals surface area contributed by atoms with Crippen LogP contribution in [0.4, 0.5) is 0 Å². The lowest BCUT2D eigenvalue weighted by Gasteiger charge is -2.06. The van der Waals surface area contributed by atoms with Crippen LogP contribution in [0.15, 0.2) is 10.5 Å². The van der Waals surface area contributed by atoms with Gasteiger partial charge in [-0.25, -0.2) is 0 Å². The minimum absolute atomic E-state index is 0.281. The van der Waals surface area contributed by atoms with Crippen LogP contribution in [-0.2, 0) is 12.8 Å². The van der Waals surface area contributed by atoms with E-state index < -0.39 is 0 Å². The zero-order chi connectivity index (χ0) is 9.71. The third kappa shape index (κ3) is 0.989. The maximum Gasteiger partial charge on any atom is 0.163 e. The van der Waals surface area contributed by atoms with E-state index in [1.807, 2.05) is 6.07 Å². The average molecular weight is 253 g/mol. The average Bonchev–Trinajstić information content (AvgIpc) is 2.71. The molecule has 0 fully saturated rings. The molecule has 1 heterocycles. The summed E-state index contributed by atoms with van der Waals surface area (Å²) in [5.41, 5.74) is 3.25. The van der Waals surface area contributed by atoms with Crippen molar-refractivity contribution in [3.8, 4) is 5.75 Å². The van der Waals surface area contributed by atoms with E-state index in [4.69, 9.17) is 4.74 Å². The first-order chi connectivity index (χ1) is 6.77. The van der Waals surface area contributed by atoms with Gasteiger partial charge in [0, 0.05) is 28.4 Å². The predicted octanol–water partition coefficient (Wildman–Crippen LogP) is 2.51. The van der Waals surface area contributed by atoms with E-state index in [0.717, 1.165) is 34.2 Å². The minimum atomic E-state index is 0.281. The zero-order valence-electron chi connectivity index (χ0n) is 7.60. The summed E-state index contributed by atoms with van der Waals surface area (Å²) in [7, 11) is 0. The van der Waals surface area contributed by atoms with Crippen LogP contribution in [0.5, 0.6) is 5.75 Å². The third-order valence-electron chi connectivity index (χ3n) is 2.94. The molecule has 0 atom stereocenters. The maximum atomic E-state index is 11.7. The molecule has 0 aromatic heterocycles. The van der Waals surface area contributed by atoms with E-state index in [1.165, 1.54) is 5.56 Å². The molecule has 0 spiro atoms. The van der Waals surface area contributed by atoms with Crippen LogP contribution in [0.2, 0.25) is 0 Å². The number of ether oxygens (including phenoxy) is 1. The van der Waals surface area contributed by atoms with E-state index in [0.29, 0.717) is 13.0 Å². The molecule has 72 valence electrons. The second-order valence-corrected chi connectivity index (χ2v) is 4.56. The van der Waals surface area contributed by atoms with Gasteiger partial charge in [-0.3, -0.25) is 4.79 Å². The zero-order valence-corrected chi connectivity index (χ0v) is 9.19. The Morgan fingerprint density at radius 3 is 2.93 bits per heavy atom. The van der Waals surface area contributed by atoms with Gasteiger partial charge < -0.3 is 4.74 Å². The normalized spacial score (nSPS) is 17.9. The first-order valence-electron chi connectivity index (χ1n) is 4.77. The number of ketones is 1. The number of hydrogen-bond donors (Lipinski definition) is 0. The quantitative estimate of drug-likeness (QED) is 0.710. The number of rotatable bonds is 0. The van der Waals surface area contributed by atoms with Crippen LogP contribution in [0, 0.1) is 0 Å². The topological polar surface area (TPSA) is 26.3 Å². The summed E-state index contributed by atoms with van der Waals surface area (Å²) in [6.45, 7) is 0.714. The molecule has 3 rings (SSSR count). The molecule has 1 aliphatic heterocycles. The van der Waals surface area contributed by atoms with Crippen molar-refractivity contribution < 1.29 is 9.53 Å². The van der Waals surface area contributed by atoms with E-state index in [-0.39, 0.29) is 5.78 Å². The molecular weight excluding hydrogens is 244 g/mol. The lowest BCUT2D eigenvalue weighted by Crippen LogP contribution is -1.97. The highest BCUT2D eigenvalue weighted by Gasteiger charge is 2.29. The Morgan fingerprint density at radius 2 is 2.07 bits per heavy atom. The van der Waals surface area contributed by atoms with Crippen molar-refractivity contribution in [1.82, 2.24) is 0 Å². The Labute approximate surface area is 90.4 Å². The van der Waals surface area contributed by atoms with Gasteiger partial charge in [-0.15, -0.1) is 0 Å². The fourth-order valence-electron chi connectivity index (χ4n) is 2.30. The van der Waals surface area contributed by atoms with Crippen molar-refractivity contribution in [3.63, 3.8) is 0 Å². The molecule has 0 saturated heterocycles. The second-order valence-electron chi connectivity index (χ2n) is 3.71. The summed E-state index contributed by atoms with van der Waals surface area (Å²) in [5.74, 6) is 1.17.